The number of aliphatic hydroxyl groups is 1. The molecule has 0 aliphatic carbocycles. The van der Waals surface area contributed by atoms with Crippen molar-refractivity contribution in [2.45, 2.75) is 16.1 Å². The number of aromatic nitrogens is 3. The second kappa shape index (κ2) is 11.9. The number of ether oxygens (including phenoxy) is 3. The Bertz CT molecular complexity index is 1600. The fourth-order valence-corrected chi connectivity index (χ4v) is 6.18. The van der Waals surface area contributed by atoms with Gasteiger partial charge in [-0.3, -0.25) is 19.5 Å². The maximum absolute atomic E-state index is 13.5. The van der Waals surface area contributed by atoms with Crippen LogP contribution in [0.25, 0.3) is 5.76 Å². The van der Waals surface area contributed by atoms with E-state index in [2.05, 4.69) is 15.2 Å². The molecule has 1 saturated heterocycles. The predicted octanol–water partition coefficient (Wildman–Crippen LogP) is 5.02. The number of thioether (sulfide) groups is 1. The highest BCUT2D eigenvalue weighted by atomic mass is 32.2. The Kier molecular flexibility index (Phi) is 8.17. The molecule has 41 heavy (non-hydrogen) atoms. The molecule has 1 atom stereocenters. The molecular formula is C28H23FN4O6S2. The SMILES string of the molecule is COc1cc(C2/C(=C(\O)c3ccncc3)C(=O)C(=O)N2c2nnc(SCc3ccc(F)cc3)s2)cc(OC)c1OC. The topological polar surface area (TPSA) is 124 Å². The van der Waals surface area contributed by atoms with Crippen molar-refractivity contribution in [2.75, 3.05) is 26.2 Å². The van der Waals surface area contributed by atoms with E-state index >= 15 is 0 Å². The third kappa shape index (κ3) is 5.45. The van der Waals surface area contributed by atoms with E-state index < -0.39 is 17.7 Å². The minimum atomic E-state index is -1.10. The molecule has 2 aromatic carbocycles. The van der Waals surface area contributed by atoms with E-state index in [0.29, 0.717) is 38.5 Å². The summed E-state index contributed by atoms with van der Waals surface area (Å²) in [6, 6.07) is 11.3. The molecule has 4 aromatic rings. The van der Waals surface area contributed by atoms with Crippen molar-refractivity contribution in [1.29, 1.82) is 0 Å². The van der Waals surface area contributed by atoms with Gasteiger partial charge in [0.15, 0.2) is 15.8 Å². The van der Waals surface area contributed by atoms with E-state index in [1.54, 1.807) is 24.3 Å². The molecule has 5 rings (SSSR count). The van der Waals surface area contributed by atoms with E-state index in [9.17, 15) is 19.1 Å². The van der Waals surface area contributed by atoms with Crippen LogP contribution in [0.5, 0.6) is 17.2 Å². The molecular weight excluding hydrogens is 571 g/mol. The Morgan fingerprint density at radius 3 is 2.27 bits per heavy atom. The highest BCUT2D eigenvalue weighted by molar-refractivity contribution is 8.00. The van der Waals surface area contributed by atoms with Crippen LogP contribution < -0.4 is 19.1 Å². The smallest absolute Gasteiger partial charge is 0.301 e. The quantitative estimate of drug-likeness (QED) is 0.0929. The van der Waals surface area contributed by atoms with Crippen molar-refractivity contribution in [1.82, 2.24) is 15.2 Å². The number of anilines is 1. The Morgan fingerprint density at radius 1 is 1.00 bits per heavy atom. The molecule has 3 heterocycles. The third-order valence-corrected chi connectivity index (χ3v) is 8.41. The molecule has 1 N–H and O–H groups in total. The number of Topliss-reactive ketones (excluding diaryl/α,β-unsaturated/α-hetero) is 1. The summed E-state index contributed by atoms with van der Waals surface area (Å²) in [6.07, 6.45) is 2.93. The number of nitrogens with zero attached hydrogens (tertiary/aromatic N) is 4. The molecule has 1 unspecified atom stereocenters. The largest absolute Gasteiger partial charge is 0.507 e. The molecule has 1 fully saturated rings. The van der Waals surface area contributed by atoms with E-state index in [0.717, 1.165) is 16.9 Å². The lowest BCUT2D eigenvalue weighted by atomic mass is 9.95. The second-order valence-corrected chi connectivity index (χ2v) is 10.8. The predicted molar refractivity (Wildman–Crippen MR) is 151 cm³/mol. The molecule has 1 aliphatic heterocycles. The van der Waals surface area contributed by atoms with Crippen molar-refractivity contribution in [2.24, 2.45) is 0 Å². The van der Waals surface area contributed by atoms with Crippen LogP contribution in [0.15, 0.2) is 70.8 Å². The van der Waals surface area contributed by atoms with Crippen LogP contribution in [-0.2, 0) is 15.3 Å². The third-order valence-electron chi connectivity index (χ3n) is 6.28. The fraction of sp³-hybridized carbons (Fsp3) is 0.179. The summed E-state index contributed by atoms with van der Waals surface area (Å²) in [5.74, 6) is -1.08. The number of pyridine rings is 1. The lowest BCUT2D eigenvalue weighted by Gasteiger charge is -2.24. The van der Waals surface area contributed by atoms with E-state index in [1.807, 2.05) is 0 Å². The Labute approximate surface area is 242 Å². The molecule has 0 radical (unpaired) electrons. The first-order valence-corrected chi connectivity index (χ1v) is 13.9. The van der Waals surface area contributed by atoms with Gasteiger partial charge in [-0.05, 0) is 47.5 Å². The number of rotatable bonds is 9. The zero-order valence-corrected chi connectivity index (χ0v) is 23.7. The van der Waals surface area contributed by atoms with Gasteiger partial charge in [-0.15, -0.1) is 10.2 Å². The lowest BCUT2D eigenvalue weighted by Crippen LogP contribution is -2.29. The van der Waals surface area contributed by atoms with Gasteiger partial charge >= 0.3 is 5.91 Å². The number of carbonyl (C=O) groups is 2. The zero-order chi connectivity index (χ0) is 29.1. The summed E-state index contributed by atoms with van der Waals surface area (Å²) < 4.78 is 30.2. The van der Waals surface area contributed by atoms with Gasteiger partial charge in [-0.1, -0.05) is 35.2 Å². The minimum Gasteiger partial charge on any atom is -0.507 e. The molecule has 2 aromatic heterocycles. The lowest BCUT2D eigenvalue weighted by molar-refractivity contribution is -0.132. The monoisotopic (exact) mass is 594 g/mol. The van der Waals surface area contributed by atoms with Gasteiger partial charge in [-0.2, -0.15) is 0 Å². The van der Waals surface area contributed by atoms with Crippen LogP contribution in [-0.4, -0.2) is 53.3 Å². The first-order chi connectivity index (χ1) is 19.9. The van der Waals surface area contributed by atoms with Gasteiger partial charge in [0, 0.05) is 23.7 Å². The average Bonchev–Trinajstić information content (AvgIpc) is 3.57. The summed E-state index contributed by atoms with van der Waals surface area (Å²) in [6.45, 7) is 0. The van der Waals surface area contributed by atoms with Gasteiger partial charge in [0.25, 0.3) is 5.78 Å². The van der Waals surface area contributed by atoms with Gasteiger partial charge in [0.2, 0.25) is 10.9 Å². The van der Waals surface area contributed by atoms with Crippen molar-refractivity contribution < 1.29 is 33.3 Å². The molecule has 13 heteroatoms. The Hall–Kier alpha value is -4.49. The number of carbonyl (C=O) groups excluding carboxylic acids is 2. The molecule has 0 spiro atoms. The van der Waals surface area contributed by atoms with Crippen LogP contribution in [0.1, 0.15) is 22.7 Å². The van der Waals surface area contributed by atoms with Crippen LogP contribution in [0.2, 0.25) is 0 Å². The fourth-order valence-electron chi connectivity index (χ4n) is 4.35. The highest BCUT2D eigenvalue weighted by Gasteiger charge is 2.49. The van der Waals surface area contributed by atoms with Crippen molar-refractivity contribution in [3.05, 3.63) is 89.0 Å². The average molecular weight is 595 g/mol. The summed E-state index contributed by atoms with van der Waals surface area (Å²) in [5.41, 5.74) is 1.45. The van der Waals surface area contributed by atoms with E-state index in [-0.39, 0.29) is 22.3 Å². The van der Waals surface area contributed by atoms with Gasteiger partial charge < -0.3 is 19.3 Å². The first-order valence-electron chi connectivity index (χ1n) is 12.1. The Balaban J connectivity index is 1.61. The number of halogens is 1. The van der Waals surface area contributed by atoms with Gasteiger partial charge in [-0.25, -0.2) is 4.39 Å². The van der Waals surface area contributed by atoms with E-state index in [4.69, 9.17) is 14.2 Å². The van der Waals surface area contributed by atoms with Crippen molar-refractivity contribution in [3.8, 4) is 17.2 Å². The van der Waals surface area contributed by atoms with Crippen molar-refractivity contribution in [3.63, 3.8) is 0 Å². The van der Waals surface area contributed by atoms with E-state index in [1.165, 1.54) is 74.7 Å². The number of hydrogen-bond acceptors (Lipinski definition) is 11. The molecule has 1 amide bonds. The second-order valence-electron chi connectivity index (χ2n) is 8.63. The van der Waals surface area contributed by atoms with Crippen molar-refractivity contribution >= 4 is 45.7 Å². The molecule has 0 bridgehead atoms. The normalized spacial score (nSPS) is 16.2. The molecule has 10 nitrogen and oxygen atoms in total. The maximum Gasteiger partial charge on any atom is 0.301 e. The number of hydrogen-bond donors (Lipinski definition) is 1. The van der Waals surface area contributed by atoms with Gasteiger partial charge in [0.05, 0.1) is 32.9 Å². The highest BCUT2D eigenvalue weighted by Crippen LogP contribution is 2.48. The summed E-state index contributed by atoms with van der Waals surface area (Å²) in [4.78, 5) is 32.2. The van der Waals surface area contributed by atoms with Crippen LogP contribution in [0.3, 0.4) is 0 Å². The van der Waals surface area contributed by atoms with Crippen LogP contribution >= 0.6 is 23.1 Å². The Morgan fingerprint density at radius 2 is 1.66 bits per heavy atom. The zero-order valence-electron chi connectivity index (χ0n) is 22.0. The molecule has 210 valence electrons. The number of ketones is 1. The molecule has 0 saturated carbocycles. The van der Waals surface area contributed by atoms with Crippen LogP contribution in [0, 0.1) is 5.82 Å². The van der Waals surface area contributed by atoms with Crippen LogP contribution in [0.4, 0.5) is 9.52 Å². The standard InChI is InChI=1S/C28H23FN4O6S2/c1-37-19-12-17(13-20(38-2)25(19)39-3)22-21(23(34)16-8-10-30-11-9-16)24(35)26(36)33(22)27-31-32-28(41-27)40-14-15-4-6-18(29)7-5-15/h4-13,22,34H,14H2,1-3H3/b23-21+. The minimum absolute atomic E-state index is 0.147. The summed E-state index contributed by atoms with van der Waals surface area (Å²) in [7, 11) is 4.36. The first kappa shape index (κ1) is 28.1. The number of methoxy groups -OCH3 is 3. The number of amides is 1. The van der Waals surface area contributed by atoms with Gasteiger partial charge in [0.1, 0.15) is 11.6 Å². The summed E-state index contributed by atoms with van der Waals surface area (Å²) in [5, 5.41) is 19.9. The number of benzene rings is 2. The summed E-state index contributed by atoms with van der Waals surface area (Å²) >= 11 is 2.47. The molecule has 1 aliphatic rings. The number of aliphatic hydroxyl groups excluding tert-OH is 1. The maximum atomic E-state index is 13.5.